The van der Waals surface area contributed by atoms with E-state index in [4.69, 9.17) is 9.26 Å². The van der Waals surface area contributed by atoms with Gasteiger partial charge in [-0.15, -0.1) is 0 Å². The third kappa shape index (κ3) is 4.44. The fourth-order valence-electron chi connectivity index (χ4n) is 3.39. The zero-order valence-electron chi connectivity index (χ0n) is 18.0. The molecule has 0 saturated heterocycles. The Bertz CT molecular complexity index is 1370. The van der Waals surface area contributed by atoms with E-state index in [9.17, 15) is 9.59 Å². The molecule has 160 valence electrons. The van der Waals surface area contributed by atoms with Gasteiger partial charge in [-0.2, -0.15) is 0 Å². The highest BCUT2D eigenvalue weighted by molar-refractivity contribution is 6.29. The highest BCUT2D eigenvalue weighted by Crippen LogP contribution is 2.25. The van der Waals surface area contributed by atoms with Gasteiger partial charge in [-0.1, -0.05) is 47.1 Å². The van der Waals surface area contributed by atoms with Crippen molar-refractivity contribution in [2.75, 3.05) is 12.4 Å². The Kier molecular flexibility index (Phi) is 5.85. The minimum Gasteiger partial charge on any atom is -0.497 e. The summed E-state index contributed by atoms with van der Waals surface area (Å²) in [5, 5.41) is 7.76. The number of nitrogens with one attached hydrogen (secondary N) is 1. The Hall–Kier alpha value is -4.19. The molecule has 0 aliphatic rings. The number of rotatable bonds is 5. The molecule has 1 aromatic heterocycles. The Morgan fingerprint density at radius 1 is 0.969 bits per heavy atom. The largest absolute Gasteiger partial charge is 0.497 e. The van der Waals surface area contributed by atoms with Gasteiger partial charge in [0.2, 0.25) is 0 Å². The van der Waals surface area contributed by atoms with Crippen LogP contribution in [0.5, 0.6) is 5.75 Å². The first-order valence-electron chi connectivity index (χ1n) is 10.1. The van der Waals surface area contributed by atoms with Gasteiger partial charge in [0.25, 0.3) is 5.91 Å². The van der Waals surface area contributed by atoms with Crippen LogP contribution in [0.3, 0.4) is 0 Å². The molecule has 1 heterocycles. The molecule has 0 unspecified atom stereocenters. The van der Waals surface area contributed by atoms with Crippen molar-refractivity contribution in [1.82, 2.24) is 5.16 Å². The van der Waals surface area contributed by atoms with Crippen LogP contribution in [0, 0.1) is 13.8 Å². The van der Waals surface area contributed by atoms with E-state index in [1.807, 2.05) is 61.5 Å². The maximum Gasteiger partial charge on any atom is 0.366 e. The molecular weight excluding hydrogens is 404 g/mol. The molecule has 0 saturated carbocycles. The number of methoxy groups -OCH3 is 1. The molecule has 6 heteroatoms. The molecule has 4 aromatic rings. The maximum absolute atomic E-state index is 13.3. The van der Waals surface area contributed by atoms with E-state index in [0.29, 0.717) is 33.5 Å². The molecule has 0 bridgehead atoms. The number of hydrogen-bond donors (Lipinski definition) is 1. The topological polar surface area (TPSA) is 81.4 Å². The predicted molar refractivity (Wildman–Crippen MR) is 126 cm³/mol. The Morgan fingerprint density at radius 3 is 2.38 bits per heavy atom. The van der Waals surface area contributed by atoms with Crippen molar-refractivity contribution >= 4 is 34.0 Å². The third-order valence-electron chi connectivity index (χ3n) is 5.19. The molecule has 1 amide bonds. The summed E-state index contributed by atoms with van der Waals surface area (Å²) in [5.74, 6) is 0.434. The monoisotopic (exact) mass is 426 g/mol. The SMILES string of the molecule is COc1ccc(/C(=C\c2ccc(C)cc2)C(=O)Nc2ccc3c(=O)onc(C)c3c2)cc1. The van der Waals surface area contributed by atoms with Gasteiger partial charge >= 0.3 is 5.63 Å². The standard InChI is InChI=1S/C26H22N2O4/c1-16-4-6-18(7-5-16)14-24(19-8-11-21(31-3)12-9-19)25(29)27-20-10-13-22-23(15-20)17(2)28-32-26(22)30/h4-15H,1-3H3,(H,27,29)/b24-14+. The number of hydrogen-bond acceptors (Lipinski definition) is 5. The van der Waals surface area contributed by atoms with Crippen LogP contribution in [0.15, 0.2) is 76.0 Å². The first kappa shape index (κ1) is 21.1. The van der Waals surface area contributed by atoms with Crippen LogP contribution in [-0.2, 0) is 4.79 Å². The normalized spacial score (nSPS) is 11.4. The molecular formula is C26H22N2O4. The summed E-state index contributed by atoms with van der Waals surface area (Å²) < 4.78 is 10.0. The van der Waals surface area contributed by atoms with E-state index >= 15 is 0 Å². The van der Waals surface area contributed by atoms with Crippen molar-refractivity contribution in [1.29, 1.82) is 0 Å². The average molecular weight is 426 g/mol. The van der Waals surface area contributed by atoms with E-state index in [1.54, 1.807) is 32.2 Å². The molecule has 3 aromatic carbocycles. The smallest absolute Gasteiger partial charge is 0.366 e. The Balaban J connectivity index is 1.72. The number of aryl methyl sites for hydroxylation is 2. The first-order valence-corrected chi connectivity index (χ1v) is 10.1. The van der Waals surface area contributed by atoms with Crippen LogP contribution >= 0.6 is 0 Å². The number of ether oxygens (including phenoxy) is 1. The number of benzene rings is 3. The van der Waals surface area contributed by atoms with Crippen LogP contribution in [0.1, 0.15) is 22.4 Å². The molecule has 4 rings (SSSR count). The summed E-state index contributed by atoms with van der Waals surface area (Å²) in [5.41, 5.74) is 3.92. The lowest BCUT2D eigenvalue weighted by atomic mass is 10.0. The molecule has 6 nitrogen and oxygen atoms in total. The van der Waals surface area contributed by atoms with E-state index in [2.05, 4.69) is 10.5 Å². The summed E-state index contributed by atoms with van der Waals surface area (Å²) in [6, 6.07) is 20.3. The van der Waals surface area contributed by atoms with Crippen LogP contribution in [0.2, 0.25) is 0 Å². The molecule has 0 aliphatic carbocycles. The second-order valence-electron chi connectivity index (χ2n) is 7.47. The van der Waals surface area contributed by atoms with Crippen molar-refractivity contribution in [3.8, 4) is 5.75 Å². The molecule has 0 spiro atoms. The van der Waals surface area contributed by atoms with Crippen molar-refractivity contribution < 1.29 is 14.1 Å². The molecule has 0 aliphatic heterocycles. The van der Waals surface area contributed by atoms with Crippen LogP contribution in [0.4, 0.5) is 5.69 Å². The van der Waals surface area contributed by atoms with Crippen LogP contribution in [-0.4, -0.2) is 18.2 Å². The van der Waals surface area contributed by atoms with Gasteiger partial charge in [-0.05, 0) is 61.4 Å². The number of aromatic nitrogens is 1. The van der Waals surface area contributed by atoms with Crippen molar-refractivity contribution in [3.05, 3.63) is 99.5 Å². The van der Waals surface area contributed by atoms with Gasteiger partial charge in [0.15, 0.2) is 0 Å². The molecule has 32 heavy (non-hydrogen) atoms. The highest BCUT2D eigenvalue weighted by atomic mass is 16.5. The number of carbonyl (C=O) groups excluding carboxylic acids is 1. The van der Waals surface area contributed by atoms with E-state index in [1.165, 1.54) is 0 Å². The van der Waals surface area contributed by atoms with Gasteiger partial charge in [-0.3, -0.25) is 4.79 Å². The zero-order valence-corrected chi connectivity index (χ0v) is 18.0. The zero-order chi connectivity index (χ0) is 22.7. The van der Waals surface area contributed by atoms with Crippen LogP contribution < -0.4 is 15.7 Å². The average Bonchev–Trinajstić information content (AvgIpc) is 2.81. The van der Waals surface area contributed by atoms with Gasteiger partial charge in [0.05, 0.1) is 18.2 Å². The lowest BCUT2D eigenvalue weighted by molar-refractivity contribution is -0.111. The summed E-state index contributed by atoms with van der Waals surface area (Å²) in [7, 11) is 1.60. The van der Waals surface area contributed by atoms with E-state index < -0.39 is 5.63 Å². The van der Waals surface area contributed by atoms with Gasteiger partial charge in [-0.25, -0.2) is 4.79 Å². The number of anilines is 1. The summed E-state index contributed by atoms with van der Waals surface area (Å²) in [4.78, 5) is 25.2. The number of fused-ring (bicyclic) bond motifs is 1. The van der Waals surface area contributed by atoms with Crippen LogP contribution in [0.25, 0.3) is 22.4 Å². The summed E-state index contributed by atoms with van der Waals surface area (Å²) in [6.07, 6.45) is 1.85. The fourth-order valence-corrected chi connectivity index (χ4v) is 3.39. The number of carbonyl (C=O) groups is 1. The minimum absolute atomic E-state index is 0.274. The van der Waals surface area contributed by atoms with E-state index in [-0.39, 0.29) is 5.91 Å². The van der Waals surface area contributed by atoms with Gasteiger partial charge < -0.3 is 14.6 Å². The Morgan fingerprint density at radius 2 is 1.69 bits per heavy atom. The number of nitrogens with zero attached hydrogens (tertiary/aromatic N) is 1. The second-order valence-corrected chi connectivity index (χ2v) is 7.47. The predicted octanol–water partition coefficient (Wildman–Crippen LogP) is 4.99. The number of amides is 1. The van der Waals surface area contributed by atoms with E-state index in [0.717, 1.165) is 16.7 Å². The minimum atomic E-state index is -0.512. The quantitative estimate of drug-likeness (QED) is 0.359. The molecule has 1 N–H and O–H groups in total. The Labute approximate surface area is 185 Å². The first-order chi connectivity index (χ1) is 15.4. The third-order valence-corrected chi connectivity index (χ3v) is 5.19. The molecule has 0 radical (unpaired) electrons. The lowest BCUT2D eigenvalue weighted by Crippen LogP contribution is -2.14. The van der Waals surface area contributed by atoms with Gasteiger partial charge in [0.1, 0.15) is 5.75 Å². The summed E-state index contributed by atoms with van der Waals surface area (Å²) in [6.45, 7) is 3.76. The second kappa shape index (κ2) is 8.89. The molecule has 0 fully saturated rings. The van der Waals surface area contributed by atoms with Crippen molar-refractivity contribution in [3.63, 3.8) is 0 Å². The van der Waals surface area contributed by atoms with Crippen molar-refractivity contribution in [2.24, 2.45) is 0 Å². The summed E-state index contributed by atoms with van der Waals surface area (Å²) >= 11 is 0. The highest BCUT2D eigenvalue weighted by Gasteiger charge is 2.14. The maximum atomic E-state index is 13.3. The van der Waals surface area contributed by atoms with Gasteiger partial charge in [0, 0.05) is 16.6 Å². The fraction of sp³-hybridized carbons (Fsp3) is 0.115. The lowest BCUT2D eigenvalue weighted by Gasteiger charge is -2.11. The molecule has 0 atom stereocenters. The van der Waals surface area contributed by atoms with Crippen molar-refractivity contribution in [2.45, 2.75) is 13.8 Å².